The first-order chi connectivity index (χ1) is 27.3. The first kappa shape index (κ1) is 33.1. The second-order valence-electron chi connectivity index (χ2n) is 16.5. The molecule has 1 nitrogen and oxygen atoms in total. The van der Waals surface area contributed by atoms with Crippen LogP contribution in [0.4, 0.5) is 17.1 Å². The molecule has 0 bridgehead atoms. The summed E-state index contributed by atoms with van der Waals surface area (Å²) in [5.41, 5.74) is 19.1. The Labute approximate surface area is 333 Å². The van der Waals surface area contributed by atoms with E-state index in [-0.39, 0.29) is 10.8 Å². The lowest BCUT2D eigenvalue weighted by atomic mass is 9.81. The first-order valence-electron chi connectivity index (χ1n) is 19.7. The molecule has 0 spiro atoms. The number of rotatable bonds is 5. The van der Waals surface area contributed by atoms with E-state index in [4.69, 9.17) is 0 Å². The van der Waals surface area contributed by atoms with Gasteiger partial charge in [0.1, 0.15) is 0 Å². The summed E-state index contributed by atoms with van der Waals surface area (Å²) in [6.07, 6.45) is 0. The van der Waals surface area contributed by atoms with Crippen LogP contribution in [0.3, 0.4) is 0 Å². The Hall–Kier alpha value is -6.22. The molecule has 2 aliphatic rings. The van der Waals surface area contributed by atoms with Crippen molar-refractivity contribution in [1.29, 1.82) is 0 Å². The van der Waals surface area contributed by atoms with Crippen LogP contribution in [0.15, 0.2) is 176 Å². The van der Waals surface area contributed by atoms with Crippen molar-refractivity contribution in [1.82, 2.24) is 0 Å². The molecule has 56 heavy (non-hydrogen) atoms. The fraction of sp³-hybridized carbons (Fsp3) is 0.111. The summed E-state index contributed by atoms with van der Waals surface area (Å²) < 4.78 is 2.64. The number of thiophene rings is 1. The van der Waals surface area contributed by atoms with Gasteiger partial charge in [-0.3, -0.25) is 0 Å². The quantitative estimate of drug-likeness (QED) is 0.170. The van der Waals surface area contributed by atoms with E-state index in [1.807, 2.05) is 11.3 Å². The van der Waals surface area contributed by atoms with E-state index < -0.39 is 0 Å². The lowest BCUT2D eigenvalue weighted by Gasteiger charge is -2.30. The van der Waals surface area contributed by atoms with Crippen LogP contribution in [-0.2, 0) is 10.8 Å². The lowest BCUT2D eigenvalue weighted by molar-refractivity contribution is 0.660. The molecule has 2 aliphatic carbocycles. The van der Waals surface area contributed by atoms with Crippen molar-refractivity contribution in [3.63, 3.8) is 0 Å². The fourth-order valence-corrected chi connectivity index (χ4v) is 11.0. The molecular weight excluding hydrogens is 695 g/mol. The maximum absolute atomic E-state index is 2.51. The van der Waals surface area contributed by atoms with E-state index in [0.29, 0.717) is 0 Å². The zero-order valence-corrected chi connectivity index (χ0v) is 32.9. The Bertz CT molecular complexity index is 3030. The first-order valence-corrected chi connectivity index (χ1v) is 20.5. The van der Waals surface area contributed by atoms with Crippen molar-refractivity contribution in [2.24, 2.45) is 0 Å². The van der Waals surface area contributed by atoms with E-state index >= 15 is 0 Å². The van der Waals surface area contributed by atoms with Gasteiger partial charge in [-0.05, 0) is 98.1 Å². The Balaban J connectivity index is 1.09. The summed E-state index contributed by atoms with van der Waals surface area (Å²) in [4.78, 5) is 2.51. The Morgan fingerprint density at radius 1 is 0.375 bits per heavy atom. The Kier molecular flexibility index (Phi) is 7.18. The van der Waals surface area contributed by atoms with Gasteiger partial charge in [-0.25, -0.2) is 0 Å². The molecule has 1 heterocycles. The minimum atomic E-state index is -0.107. The number of para-hydroxylation sites is 1. The van der Waals surface area contributed by atoms with Crippen LogP contribution >= 0.6 is 11.3 Å². The van der Waals surface area contributed by atoms with Gasteiger partial charge in [0.2, 0.25) is 0 Å². The topological polar surface area (TPSA) is 3.24 Å². The molecule has 0 atom stereocenters. The van der Waals surface area contributed by atoms with Crippen LogP contribution in [0, 0.1) is 0 Å². The standard InChI is InChI=1S/C54H41NS/c1-53(2)45-19-10-6-17-43(45)52-46(53)20-13-22-49(52)55(48-21-11-7-14-38(48)36-27-31-42-41-16-8-12-23-50(41)56-51(42)33-36)37-28-24-34(25-29-37)35-26-30-40-39-15-5-9-18-44(39)54(3,4)47(40)32-35/h5-33H,1-4H3. The lowest BCUT2D eigenvalue weighted by Crippen LogP contribution is -2.16. The molecule has 268 valence electrons. The fourth-order valence-electron chi connectivity index (χ4n) is 9.82. The van der Waals surface area contributed by atoms with Gasteiger partial charge in [0, 0.05) is 47.8 Å². The average molecular weight is 736 g/mol. The molecule has 0 fully saturated rings. The highest BCUT2D eigenvalue weighted by molar-refractivity contribution is 7.25. The molecule has 11 rings (SSSR count). The summed E-state index contributed by atoms with van der Waals surface area (Å²) in [5.74, 6) is 0. The minimum Gasteiger partial charge on any atom is -0.309 e. The van der Waals surface area contributed by atoms with Crippen molar-refractivity contribution >= 4 is 48.6 Å². The number of hydrogen-bond donors (Lipinski definition) is 0. The highest BCUT2D eigenvalue weighted by atomic mass is 32.1. The van der Waals surface area contributed by atoms with Gasteiger partial charge in [0.25, 0.3) is 0 Å². The van der Waals surface area contributed by atoms with Gasteiger partial charge in [-0.1, -0.05) is 161 Å². The van der Waals surface area contributed by atoms with Gasteiger partial charge >= 0.3 is 0 Å². The molecule has 0 amide bonds. The summed E-state index contributed by atoms with van der Waals surface area (Å²) >= 11 is 1.88. The number of anilines is 3. The highest BCUT2D eigenvalue weighted by Gasteiger charge is 2.38. The molecule has 0 unspecified atom stereocenters. The SMILES string of the molecule is CC1(C)c2ccccc2-c2ccc(-c3ccc(N(c4ccccc4-c4ccc5c(c4)sc4ccccc45)c4cccc5c4-c4ccccc4C5(C)C)cc3)cc21. The Morgan fingerprint density at radius 2 is 0.946 bits per heavy atom. The molecule has 0 radical (unpaired) electrons. The number of nitrogens with zero attached hydrogens (tertiary/aromatic N) is 1. The van der Waals surface area contributed by atoms with Crippen LogP contribution in [0.5, 0.6) is 0 Å². The van der Waals surface area contributed by atoms with Crippen LogP contribution in [0.25, 0.3) is 64.7 Å². The van der Waals surface area contributed by atoms with Crippen molar-refractivity contribution in [2.75, 3.05) is 4.90 Å². The van der Waals surface area contributed by atoms with Crippen LogP contribution < -0.4 is 4.90 Å². The van der Waals surface area contributed by atoms with Crippen molar-refractivity contribution in [2.45, 2.75) is 38.5 Å². The minimum absolute atomic E-state index is 0.0427. The van der Waals surface area contributed by atoms with E-state index in [1.165, 1.54) is 92.6 Å². The van der Waals surface area contributed by atoms with E-state index in [9.17, 15) is 0 Å². The molecule has 9 aromatic rings. The van der Waals surface area contributed by atoms with Gasteiger partial charge in [0.15, 0.2) is 0 Å². The summed E-state index contributed by atoms with van der Waals surface area (Å²) in [5, 5.41) is 2.64. The van der Waals surface area contributed by atoms with Crippen molar-refractivity contribution < 1.29 is 0 Å². The summed E-state index contributed by atoms with van der Waals surface area (Å²) in [7, 11) is 0. The van der Waals surface area contributed by atoms with Gasteiger partial charge in [-0.2, -0.15) is 0 Å². The maximum atomic E-state index is 2.51. The molecular formula is C54H41NS. The predicted molar refractivity (Wildman–Crippen MR) is 240 cm³/mol. The molecule has 0 aliphatic heterocycles. The second-order valence-corrected chi connectivity index (χ2v) is 17.6. The predicted octanol–water partition coefficient (Wildman–Crippen LogP) is 15.5. The van der Waals surface area contributed by atoms with Crippen LogP contribution in [0.2, 0.25) is 0 Å². The molecule has 1 aromatic heterocycles. The summed E-state index contributed by atoms with van der Waals surface area (Å²) in [6, 6.07) is 65.8. The number of hydrogen-bond acceptors (Lipinski definition) is 2. The number of fused-ring (bicyclic) bond motifs is 9. The molecule has 8 aromatic carbocycles. The van der Waals surface area contributed by atoms with E-state index in [0.717, 1.165) is 11.4 Å². The number of benzene rings is 8. The van der Waals surface area contributed by atoms with Gasteiger partial charge in [0.05, 0.1) is 11.4 Å². The van der Waals surface area contributed by atoms with Crippen molar-refractivity contribution in [3.8, 4) is 44.5 Å². The van der Waals surface area contributed by atoms with E-state index in [1.54, 1.807) is 0 Å². The maximum Gasteiger partial charge on any atom is 0.0543 e. The largest absolute Gasteiger partial charge is 0.309 e. The zero-order chi connectivity index (χ0) is 37.8. The van der Waals surface area contributed by atoms with Crippen LogP contribution in [0.1, 0.15) is 49.9 Å². The van der Waals surface area contributed by atoms with Gasteiger partial charge in [-0.15, -0.1) is 11.3 Å². The molecule has 0 N–H and O–H groups in total. The monoisotopic (exact) mass is 735 g/mol. The van der Waals surface area contributed by atoms with Crippen LogP contribution in [-0.4, -0.2) is 0 Å². The third kappa shape index (κ3) is 4.79. The smallest absolute Gasteiger partial charge is 0.0543 e. The molecule has 2 heteroatoms. The van der Waals surface area contributed by atoms with Crippen molar-refractivity contribution in [3.05, 3.63) is 198 Å². The third-order valence-corrected chi connectivity index (χ3v) is 13.8. The third-order valence-electron chi connectivity index (χ3n) is 12.7. The van der Waals surface area contributed by atoms with E-state index in [2.05, 4.69) is 209 Å². The normalized spacial score (nSPS) is 14.4. The Morgan fingerprint density at radius 3 is 1.77 bits per heavy atom. The second kappa shape index (κ2) is 12.1. The molecule has 0 saturated heterocycles. The summed E-state index contributed by atoms with van der Waals surface area (Å²) in [6.45, 7) is 9.45. The molecule has 0 saturated carbocycles. The zero-order valence-electron chi connectivity index (χ0n) is 32.1. The van der Waals surface area contributed by atoms with Gasteiger partial charge < -0.3 is 4.90 Å². The average Bonchev–Trinajstić information content (AvgIpc) is 3.81. The highest BCUT2D eigenvalue weighted by Crippen LogP contribution is 2.55.